The van der Waals surface area contributed by atoms with E-state index in [4.69, 9.17) is 5.73 Å². The molecule has 0 bridgehead atoms. The van der Waals surface area contributed by atoms with Gasteiger partial charge in [0, 0.05) is 11.8 Å². The van der Waals surface area contributed by atoms with E-state index in [1.807, 2.05) is 0 Å². The van der Waals surface area contributed by atoms with E-state index in [1.54, 1.807) is 13.8 Å². The van der Waals surface area contributed by atoms with Crippen LogP contribution in [0.5, 0.6) is 0 Å². The largest absolute Gasteiger partial charge is 0.324 e. The lowest BCUT2D eigenvalue weighted by molar-refractivity contribution is -0.120. The van der Waals surface area contributed by atoms with Crippen molar-refractivity contribution in [2.45, 2.75) is 25.8 Å². The minimum Gasteiger partial charge on any atom is -0.324 e. The Bertz CT molecular complexity index is 385. The van der Waals surface area contributed by atoms with Crippen LogP contribution in [-0.2, 0) is 4.79 Å². The second-order valence-corrected chi connectivity index (χ2v) is 3.88. The van der Waals surface area contributed by atoms with Crippen LogP contribution >= 0.6 is 0 Å². The van der Waals surface area contributed by atoms with Gasteiger partial charge in [-0.15, -0.1) is 0 Å². The average molecular weight is 228 g/mol. The number of nitrogens with two attached hydrogens (primary N) is 1. The Morgan fingerprint density at radius 1 is 1.38 bits per heavy atom. The van der Waals surface area contributed by atoms with Crippen LogP contribution in [0, 0.1) is 11.6 Å². The SMILES string of the molecule is CCC(C)(N)C(=O)Nc1cc(F)cc(F)c1. The number of benzene rings is 1. The van der Waals surface area contributed by atoms with Crippen molar-refractivity contribution in [3.05, 3.63) is 29.8 Å². The van der Waals surface area contributed by atoms with Gasteiger partial charge in [0.25, 0.3) is 0 Å². The molecule has 0 aliphatic rings. The average Bonchev–Trinajstić information content (AvgIpc) is 2.15. The molecule has 0 fully saturated rings. The lowest BCUT2D eigenvalue weighted by atomic mass is 9.99. The molecule has 1 atom stereocenters. The minimum absolute atomic E-state index is 0.0626. The van der Waals surface area contributed by atoms with E-state index in [0.717, 1.165) is 18.2 Å². The molecule has 0 radical (unpaired) electrons. The number of halogens is 2. The number of carbonyl (C=O) groups excluding carboxylic acids is 1. The van der Waals surface area contributed by atoms with E-state index in [2.05, 4.69) is 5.32 Å². The van der Waals surface area contributed by atoms with Crippen molar-refractivity contribution in [2.24, 2.45) is 5.73 Å². The monoisotopic (exact) mass is 228 g/mol. The summed E-state index contributed by atoms with van der Waals surface area (Å²) >= 11 is 0. The van der Waals surface area contributed by atoms with E-state index in [9.17, 15) is 13.6 Å². The molecule has 3 nitrogen and oxygen atoms in total. The molecule has 0 heterocycles. The van der Waals surface area contributed by atoms with Crippen molar-refractivity contribution in [3.63, 3.8) is 0 Å². The number of anilines is 1. The van der Waals surface area contributed by atoms with Gasteiger partial charge in [-0.3, -0.25) is 4.79 Å². The van der Waals surface area contributed by atoms with Gasteiger partial charge in [0.2, 0.25) is 5.91 Å². The van der Waals surface area contributed by atoms with Crippen LogP contribution in [0.3, 0.4) is 0 Å². The van der Waals surface area contributed by atoms with Crippen molar-refractivity contribution < 1.29 is 13.6 Å². The Kier molecular flexibility index (Phi) is 3.59. The molecule has 88 valence electrons. The molecule has 1 aromatic carbocycles. The lowest BCUT2D eigenvalue weighted by Crippen LogP contribution is -2.47. The van der Waals surface area contributed by atoms with Crippen LogP contribution < -0.4 is 11.1 Å². The molecular weight excluding hydrogens is 214 g/mol. The summed E-state index contributed by atoms with van der Waals surface area (Å²) in [7, 11) is 0. The summed E-state index contributed by atoms with van der Waals surface area (Å²) in [6.07, 6.45) is 0.427. The zero-order valence-corrected chi connectivity index (χ0v) is 9.18. The third kappa shape index (κ3) is 3.00. The van der Waals surface area contributed by atoms with Crippen molar-refractivity contribution in [3.8, 4) is 0 Å². The molecular formula is C11H14F2N2O. The first-order valence-corrected chi connectivity index (χ1v) is 4.91. The number of nitrogens with one attached hydrogen (secondary N) is 1. The minimum atomic E-state index is -1.05. The zero-order valence-electron chi connectivity index (χ0n) is 9.18. The number of rotatable bonds is 3. The summed E-state index contributed by atoms with van der Waals surface area (Å²) in [5.41, 5.74) is 4.69. The molecule has 0 aromatic heterocycles. The van der Waals surface area contributed by atoms with Gasteiger partial charge in [-0.1, -0.05) is 6.92 Å². The highest BCUT2D eigenvalue weighted by molar-refractivity contribution is 5.97. The predicted molar refractivity (Wildman–Crippen MR) is 57.9 cm³/mol. The van der Waals surface area contributed by atoms with Crippen molar-refractivity contribution >= 4 is 11.6 Å². The highest BCUT2D eigenvalue weighted by atomic mass is 19.1. The van der Waals surface area contributed by atoms with E-state index in [1.165, 1.54) is 0 Å². The maximum absolute atomic E-state index is 12.8. The van der Waals surface area contributed by atoms with E-state index in [0.29, 0.717) is 6.42 Å². The van der Waals surface area contributed by atoms with Crippen LogP contribution in [0.2, 0.25) is 0 Å². The molecule has 1 rings (SSSR count). The van der Waals surface area contributed by atoms with E-state index < -0.39 is 23.1 Å². The quantitative estimate of drug-likeness (QED) is 0.831. The third-order valence-corrected chi connectivity index (χ3v) is 2.37. The number of hydrogen-bond donors (Lipinski definition) is 2. The van der Waals surface area contributed by atoms with Crippen LogP contribution in [0.25, 0.3) is 0 Å². The van der Waals surface area contributed by atoms with Gasteiger partial charge in [0.15, 0.2) is 0 Å². The van der Waals surface area contributed by atoms with Crippen molar-refractivity contribution in [2.75, 3.05) is 5.32 Å². The fourth-order valence-corrected chi connectivity index (χ4v) is 1.06. The maximum atomic E-state index is 12.8. The van der Waals surface area contributed by atoms with Crippen LogP contribution in [0.15, 0.2) is 18.2 Å². The fraction of sp³-hybridized carbons (Fsp3) is 0.364. The Hall–Kier alpha value is -1.49. The smallest absolute Gasteiger partial charge is 0.244 e. The zero-order chi connectivity index (χ0) is 12.3. The van der Waals surface area contributed by atoms with Gasteiger partial charge in [-0.25, -0.2) is 8.78 Å². The molecule has 0 saturated carbocycles. The summed E-state index contributed by atoms with van der Waals surface area (Å²) < 4.78 is 25.7. The van der Waals surface area contributed by atoms with Gasteiger partial charge in [-0.2, -0.15) is 0 Å². The first-order chi connectivity index (χ1) is 7.35. The van der Waals surface area contributed by atoms with Gasteiger partial charge in [-0.05, 0) is 25.5 Å². The predicted octanol–water partition coefficient (Wildman–Crippen LogP) is 2.03. The molecule has 0 spiro atoms. The Morgan fingerprint density at radius 3 is 2.31 bits per heavy atom. The van der Waals surface area contributed by atoms with E-state index in [-0.39, 0.29) is 5.69 Å². The van der Waals surface area contributed by atoms with Gasteiger partial charge >= 0.3 is 0 Å². The lowest BCUT2D eigenvalue weighted by Gasteiger charge is -2.21. The topological polar surface area (TPSA) is 55.1 Å². The van der Waals surface area contributed by atoms with Gasteiger partial charge in [0.05, 0.1) is 5.54 Å². The number of hydrogen-bond acceptors (Lipinski definition) is 2. The molecule has 1 unspecified atom stereocenters. The van der Waals surface area contributed by atoms with Gasteiger partial charge < -0.3 is 11.1 Å². The van der Waals surface area contributed by atoms with Gasteiger partial charge in [0.1, 0.15) is 11.6 Å². The summed E-state index contributed by atoms with van der Waals surface area (Å²) in [4.78, 5) is 11.6. The van der Waals surface area contributed by atoms with Crippen LogP contribution in [0.4, 0.5) is 14.5 Å². The summed E-state index contributed by atoms with van der Waals surface area (Å²) in [6.45, 7) is 3.31. The number of carbonyl (C=O) groups is 1. The molecule has 3 N–H and O–H groups in total. The fourth-order valence-electron chi connectivity index (χ4n) is 1.06. The summed E-state index contributed by atoms with van der Waals surface area (Å²) in [5, 5.41) is 2.37. The Balaban J connectivity index is 2.85. The Morgan fingerprint density at radius 2 is 1.88 bits per heavy atom. The Labute approximate surface area is 92.6 Å². The molecule has 0 aliphatic heterocycles. The van der Waals surface area contributed by atoms with Crippen molar-refractivity contribution in [1.29, 1.82) is 0 Å². The summed E-state index contributed by atoms with van der Waals surface area (Å²) in [6, 6.07) is 2.80. The second kappa shape index (κ2) is 4.57. The normalized spacial score (nSPS) is 14.3. The highest BCUT2D eigenvalue weighted by Gasteiger charge is 2.26. The van der Waals surface area contributed by atoms with Crippen LogP contribution in [-0.4, -0.2) is 11.4 Å². The standard InChI is InChI=1S/C11H14F2N2O/c1-3-11(2,14)10(16)15-9-5-7(12)4-8(13)6-9/h4-6H,3,14H2,1-2H3,(H,15,16). The first-order valence-electron chi connectivity index (χ1n) is 4.91. The number of amides is 1. The molecule has 16 heavy (non-hydrogen) atoms. The second-order valence-electron chi connectivity index (χ2n) is 3.88. The first kappa shape index (κ1) is 12.6. The summed E-state index contributed by atoms with van der Waals surface area (Å²) in [5.74, 6) is -1.96. The molecule has 5 heteroatoms. The van der Waals surface area contributed by atoms with Crippen LogP contribution in [0.1, 0.15) is 20.3 Å². The third-order valence-electron chi connectivity index (χ3n) is 2.37. The molecule has 0 aliphatic carbocycles. The van der Waals surface area contributed by atoms with Crippen molar-refractivity contribution in [1.82, 2.24) is 0 Å². The highest BCUT2D eigenvalue weighted by Crippen LogP contribution is 2.15. The molecule has 1 amide bonds. The molecule has 1 aromatic rings. The molecule has 0 saturated heterocycles. The van der Waals surface area contributed by atoms with E-state index >= 15 is 0 Å². The maximum Gasteiger partial charge on any atom is 0.244 e.